The van der Waals surface area contributed by atoms with Crippen LogP contribution in [0, 0.1) is 0 Å². The fraction of sp³-hybridized carbons (Fsp3) is 0. The highest BCUT2D eigenvalue weighted by atomic mass is 32.1. The summed E-state index contributed by atoms with van der Waals surface area (Å²) < 4.78 is 9.07. The van der Waals surface area contributed by atoms with Gasteiger partial charge in [0.05, 0.1) is 5.69 Å². The van der Waals surface area contributed by atoms with Crippen molar-refractivity contribution in [2.24, 2.45) is 0 Å². The zero-order valence-electron chi connectivity index (χ0n) is 33.1. The van der Waals surface area contributed by atoms with Gasteiger partial charge in [-0.1, -0.05) is 152 Å². The molecule has 3 heteroatoms. The van der Waals surface area contributed by atoms with Gasteiger partial charge in [-0.05, 0) is 123 Å². The molecule has 286 valence electrons. The van der Waals surface area contributed by atoms with Gasteiger partial charge in [0.25, 0.3) is 0 Å². The van der Waals surface area contributed by atoms with Crippen molar-refractivity contribution in [3.05, 3.63) is 224 Å². The van der Waals surface area contributed by atoms with E-state index in [0.29, 0.717) is 0 Å². The van der Waals surface area contributed by atoms with E-state index in [1.54, 1.807) is 0 Å². The molecule has 0 saturated heterocycles. The third kappa shape index (κ3) is 6.18. The predicted octanol–water partition coefficient (Wildman–Crippen LogP) is 17.2. The predicted molar refractivity (Wildman–Crippen MR) is 261 cm³/mol. The summed E-state index contributed by atoms with van der Waals surface area (Å²) in [6, 6.07) is 81.6. The van der Waals surface area contributed by atoms with Gasteiger partial charge >= 0.3 is 0 Å². The Hall–Kier alpha value is -7.72. The van der Waals surface area contributed by atoms with Crippen LogP contribution in [0.15, 0.2) is 229 Å². The van der Waals surface area contributed by atoms with Crippen LogP contribution in [0.4, 0.5) is 17.1 Å². The van der Waals surface area contributed by atoms with Gasteiger partial charge < -0.3 is 9.32 Å². The van der Waals surface area contributed by atoms with E-state index >= 15 is 0 Å². The van der Waals surface area contributed by atoms with E-state index in [4.69, 9.17) is 4.42 Å². The van der Waals surface area contributed by atoms with Crippen molar-refractivity contribution in [2.75, 3.05) is 4.90 Å². The molecular formula is C58H37NOS. The van der Waals surface area contributed by atoms with Gasteiger partial charge in [-0.2, -0.15) is 0 Å². The van der Waals surface area contributed by atoms with Gasteiger partial charge in [0.2, 0.25) is 0 Å². The van der Waals surface area contributed by atoms with Gasteiger partial charge in [-0.25, -0.2) is 0 Å². The van der Waals surface area contributed by atoms with Gasteiger partial charge in [0.15, 0.2) is 0 Å². The normalized spacial score (nSPS) is 11.6. The molecule has 0 radical (unpaired) electrons. The summed E-state index contributed by atoms with van der Waals surface area (Å²) in [6.45, 7) is 0. The highest BCUT2D eigenvalue weighted by Gasteiger charge is 2.24. The Kier molecular flexibility index (Phi) is 8.39. The molecule has 0 saturated carbocycles. The Morgan fingerprint density at radius 1 is 0.328 bits per heavy atom. The lowest BCUT2D eigenvalue weighted by Gasteiger charge is -2.30. The van der Waals surface area contributed by atoms with Crippen molar-refractivity contribution in [1.29, 1.82) is 0 Å². The number of thiophene rings is 1. The Balaban J connectivity index is 1.17. The molecule has 0 atom stereocenters. The van der Waals surface area contributed by atoms with Crippen LogP contribution in [-0.2, 0) is 0 Å². The maximum Gasteiger partial charge on any atom is 0.136 e. The SMILES string of the molecule is c1ccc(-c2cc(-c3ccccc3)cc(N(c3ccc4sc5ccccc5c4c3)c3cccc(-c4ccc5c(c4)oc4ccccc45)c3-c3ccc4ccccc4c3)c2)cc1. The summed E-state index contributed by atoms with van der Waals surface area (Å²) in [5.74, 6) is 0. The number of rotatable bonds is 7. The Morgan fingerprint density at radius 2 is 0.984 bits per heavy atom. The number of nitrogens with zero attached hydrogens (tertiary/aromatic N) is 1. The van der Waals surface area contributed by atoms with Gasteiger partial charge in [0.1, 0.15) is 11.2 Å². The van der Waals surface area contributed by atoms with E-state index in [-0.39, 0.29) is 0 Å². The zero-order chi connectivity index (χ0) is 40.3. The molecule has 0 aliphatic carbocycles. The quantitative estimate of drug-likeness (QED) is 0.160. The van der Waals surface area contributed by atoms with Gasteiger partial charge in [0, 0.05) is 47.9 Å². The Labute approximate surface area is 357 Å². The van der Waals surface area contributed by atoms with Gasteiger partial charge in [-0.3, -0.25) is 0 Å². The second-order valence-electron chi connectivity index (χ2n) is 15.7. The van der Waals surface area contributed by atoms with E-state index in [1.165, 1.54) is 42.1 Å². The van der Waals surface area contributed by atoms with Crippen LogP contribution in [0.3, 0.4) is 0 Å². The first-order chi connectivity index (χ1) is 30.2. The number of para-hydroxylation sites is 1. The molecule has 0 fully saturated rings. The molecule has 2 heterocycles. The van der Waals surface area contributed by atoms with Crippen molar-refractivity contribution in [3.8, 4) is 44.5 Å². The lowest BCUT2D eigenvalue weighted by atomic mass is 9.90. The number of benzene rings is 10. The molecule has 0 aliphatic heterocycles. The summed E-state index contributed by atoms with van der Waals surface area (Å²) in [7, 11) is 0. The second kappa shape index (κ2) is 14.5. The molecular weight excluding hydrogens is 759 g/mol. The number of hydrogen-bond donors (Lipinski definition) is 0. The summed E-state index contributed by atoms with van der Waals surface area (Å²) in [5, 5.41) is 7.18. The van der Waals surface area contributed by atoms with E-state index in [9.17, 15) is 0 Å². The molecule has 0 aliphatic rings. The van der Waals surface area contributed by atoms with Crippen LogP contribution in [0.25, 0.3) is 97.4 Å². The number of anilines is 3. The smallest absolute Gasteiger partial charge is 0.136 e. The first-order valence-corrected chi connectivity index (χ1v) is 21.5. The fourth-order valence-electron chi connectivity index (χ4n) is 9.12. The summed E-state index contributed by atoms with van der Waals surface area (Å²) in [5.41, 5.74) is 14.2. The highest BCUT2D eigenvalue weighted by Crippen LogP contribution is 2.49. The van der Waals surface area contributed by atoms with E-state index in [1.807, 2.05) is 17.4 Å². The van der Waals surface area contributed by atoms with Crippen molar-refractivity contribution in [1.82, 2.24) is 0 Å². The molecule has 0 bridgehead atoms. The van der Waals surface area contributed by atoms with E-state index in [0.717, 1.165) is 72.4 Å². The third-order valence-electron chi connectivity index (χ3n) is 12.0. The van der Waals surface area contributed by atoms with Crippen LogP contribution < -0.4 is 4.90 Å². The second-order valence-corrected chi connectivity index (χ2v) is 16.8. The first-order valence-electron chi connectivity index (χ1n) is 20.7. The van der Waals surface area contributed by atoms with E-state index < -0.39 is 0 Å². The van der Waals surface area contributed by atoms with Crippen molar-refractivity contribution < 1.29 is 4.42 Å². The minimum absolute atomic E-state index is 0.878. The third-order valence-corrected chi connectivity index (χ3v) is 13.2. The molecule has 0 spiro atoms. The first kappa shape index (κ1) is 35.2. The number of fused-ring (bicyclic) bond motifs is 7. The fourth-order valence-corrected chi connectivity index (χ4v) is 10.2. The molecule has 12 aromatic rings. The molecule has 12 rings (SSSR count). The summed E-state index contributed by atoms with van der Waals surface area (Å²) >= 11 is 1.85. The molecule has 61 heavy (non-hydrogen) atoms. The maximum absolute atomic E-state index is 6.50. The van der Waals surface area contributed by atoms with Crippen molar-refractivity contribution in [3.63, 3.8) is 0 Å². The lowest BCUT2D eigenvalue weighted by Crippen LogP contribution is -2.12. The minimum Gasteiger partial charge on any atom is -0.456 e. The van der Waals surface area contributed by atoms with Crippen LogP contribution in [-0.4, -0.2) is 0 Å². The average Bonchev–Trinajstić information content (AvgIpc) is 3.90. The van der Waals surface area contributed by atoms with Crippen molar-refractivity contribution in [2.45, 2.75) is 0 Å². The van der Waals surface area contributed by atoms with Crippen LogP contribution >= 0.6 is 11.3 Å². The monoisotopic (exact) mass is 795 g/mol. The molecule has 0 unspecified atom stereocenters. The number of furan rings is 1. The summed E-state index contributed by atoms with van der Waals surface area (Å²) in [6.07, 6.45) is 0. The standard InChI is InChI=1S/C58H37NOS/c1-3-14-38(15-4-1)44-33-45(39-16-5-2-6-17-39)35-47(34-44)59(46-29-31-57-52(37-46)51-21-10-12-25-56(51)61-57)53-23-13-22-48(58(53)43-27-26-40-18-7-8-19-41(40)32-43)42-28-30-50-49-20-9-11-24-54(49)60-55(50)36-42/h1-37H. The molecule has 2 nitrogen and oxygen atoms in total. The van der Waals surface area contributed by atoms with Crippen LogP contribution in [0.5, 0.6) is 0 Å². The molecule has 0 N–H and O–H groups in total. The topological polar surface area (TPSA) is 16.4 Å². The minimum atomic E-state index is 0.878. The molecule has 10 aromatic carbocycles. The van der Waals surface area contributed by atoms with Crippen molar-refractivity contribution >= 4 is 81.3 Å². The van der Waals surface area contributed by atoms with Crippen LogP contribution in [0.1, 0.15) is 0 Å². The summed E-state index contributed by atoms with van der Waals surface area (Å²) in [4.78, 5) is 2.48. The zero-order valence-corrected chi connectivity index (χ0v) is 33.9. The average molecular weight is 796 g/mol. The maximum atomic E-state index is 6.50. The lowest BCUT2D eigenvalue weighted by molar-refractivity contribution is 0.669. The molecule has 2 aromatic heterocycles. The van der Waals surface area contributed by atoms with Gasteiger partial charge in [-0.15, -0.1) is 11.3 Å². The van der Waals surface area contributed by atoms with E-state index in [2.05, 4.69) is 223 Å². The molecule has 0 amide bonds. The highest BCUT2D eigenvalue weighted by molar-refractivity contribution is 7.25. The largest absolute Gasteiger partial charge is 0.456 e. The Bertz CT molecular complexity index is 3540. The number of hydrogen-bond acceptors (Lipinski definition) is 3. The Morgan fingerprint density at radius 3 is 1.79 bits per heavy atom. The van der Waals surface area contributed by atoms with Crippen LogP contribution in [0.2, 0.25) is 0 Å².